The van der Waals surface area contributed by atoms with Gasteiger partial charge in [0.2, 0.25) is 0 Å². The van der Waals surface area contributed by atoms with Gasteiger partial charge in [0.25, 0.3) is 0 Å². The van der Waals surface area contributed by atoms with Crippen LogP contribution in [0.1, 0.15) is 32.8 Å². The number of nitrogens with one attached hydrogen (secondary N) is 1. The highest BCUT2D eigenvalue weighted by Gasteiger charge is 2.04. The molecule has 0 fully saturated rings. The Morgan fingerprint density at radius 3 is 2.61 bits per heavy atom. The van der Waals surface area contributed by atoms with Gasteiger partial charge in [0.1, 0.15) is 0 Å². The maximum absolute atomic E-state index is 6.07. The number of hydrogen-bond acceptors (Lipinski definition) is 2. The van der Waals surface area contributed by atoms with Crippen molar-refractivity contribution in [3.63, 3.8) is 0 Å². The van der Waals surface area contributed by atoms with E-state index in [-0.39, 0.29) is 6.10 Å². The van der Waals surface area contributed by atoms with Crippen molar-refractivity contribution in [3.8, 4) is 0 Å². The fraction of sp³-hybridized carbons (Fsp3) is 0.600. The van der Waals surface area contributed by atoms with Gasteiger partial charge >= 0.3 is 0 Å². The van der Waals surface area contributed by atoms with Gasteiger partial charge in [0.15, 0.2) is 0 Å². The van der Waals surface area contributed by atoms with Gasteiger partial charge in [-0.1, -0.05) is 43.6 Å². The molecule has 0 amide bonds. The van der Waals surface area contributed by atoms with E-state index in [9.17, 15) is 0 Å². The van der Waals surface area contributed by atoms with E-state index in [0.717, 1.165) is 29.6 Å². The Morgan fingerprint density at radius 2 is 1.94 bits per heavy atom. The molecule has 2 nitrogen and oxygen atoms in total. The van der Waals surface area contributed by atoms with E-state index >= 15 is 0 Å². The van der Waals surface area contributed by atoms with Crippen molar-refractivity contribution in [1.29, 1.82) is 0 Å². The van der Waals surface area contributed by atoms with Crippen LogP contribution in [0.25, 0.3) is 0 Å². The van der Waals surface area contributed by atoms with Crippen LogP contribution in [-0.4, -0.2) is 19.2 Å². The fourth-order valence-electron chi connectivity index (χ4n) is 1.60. The molecule has 0 aliphatic heterocycles. The molecule has 1 atom stereocenters. The third-order valence-corrected chi connectivity index (χ3v) is 3.18. The summed E-state index contributed by atoms with van der Waals surface area (Å²) in [5, 5.41) is 4.18. The van der Waals surface area contributed by atoms with Gasteiger partial charge in [-0.3, -0.25) is 0 Å². The van der Waals surface area contributed by atoms with Crippen molar-refractivity contribution >= 4 is 11.6 Å². The summed E-state index contributed by atoms with van der Waals surface area (Å²) in [4.78, 5) is 0. The molecule has 0 heterocycles. The molecule has 0 saturated heterocycles. The smallest absolute Gasteiger partial charge is 0.0735 e. The van der Waals surface area contributed by atoms with E-state index in [0.29, 0.717) is 6.61 Å². The summed E-state index contributed by atoms with van der Waals surface area (Å²) in [6.07, 6.45) is 1.41. The van der Waals surface area contributed by atoms with Gasteiger partial charge in [0.05, 0.1) is 12.7 Å². The van der Waals surface area contributed by atoms with Gasteiger partial charge in [0, 0.05) is 11.6 Å². The van der Waals surface area contributed by atoms with E-state index in [2.05, 4.69) is 26.1 Å². The molecular formula is C15H24ClNO. The van der Waals surface area contributed by atoms with Crippen LogP contribution in [0.4, 0.5) is 0 Å². The predicted molar refractivity (Wildman–Crippen MR) is 78.0 cm³/mol. The number of benzene rings is 1. The Hall–Kier alpha value is -0.570. The second kappa shape index (κ2) is 8.52. The first kappa shape index (κ1) is 15.5. The van der Waals surface area contributed by atoms with Gasteiger partial charge in [-0.15, -0.1) is 0 Å². The van der Waals surface area contributed by atoms with Crippen molar-refractivity contribution in [1.82, 2.24) is 5.32 Å². The number of hydrogen-bond donors (Lipinski definition) is 1. The summed E-state index contributed by atoms with van der Waals surface area (Å²) in [5.74, 6) is 0.747. The normalized spacial score (nSPS) is 12.9. The minimum atomic E-state index is 0.202. The van der Waals surface area contributed by atoms with Crippen molar-refractivity contribution in [3.05, 3.63) is 34.9 Å². The minimum Gasteiger partial charge on any atom is -0.372 e. The zero-order chi connectivity index (χ0) is 13.4. The largest absolute Gasteiger partial charge is 0.372 e. The molecule has 1 rings (SSSR count). The van der Waals surface area contributed by atoms with Crippen molar-refractivity contribution in [2.75, 3.05) is 13.1 Å². The summed E-state index contributed by atoms with van der Waals surface area (Å²) < 4.78 is 5.77. The van der Waals surface area contributed by atoms with E-state index < -0.39 is 0 Å². The van der Waals surface area contributed by atoms with Crippen molar-refractivity contribution in [2.45, 2.75) is 39.9 Å². The molecule has 1 aromatic carbocycles. The molecule has 0 saturated carbocycles. The van der Waals surface area contributed by atoms with Crippen LogP contribution in [0, 0.1) is 5.92 Å². The summed E-state index contributed by atoms with van der Waals surface area (Å²) in [6, 6.07) is 7.81. The molecular weight excluding hydrogens is 246 g/mol. The highest BCUT2D eigenvalue weighted by Crippen LogP contribution is 2.16. The molecule has 3 heteroatoms. The van der Waals surface area contributed by atoms with Gasteiger partial charge in [-0.2, -0.15) is 0 Å². The van der Waals surface area contributed by atoms with E-state index in [4.69, 9.17) is 16.3 Å². The first-order valence-corrected chi connectivity index (χ1v) is 7.03. The van der Waals surface area contributed by atoms with Crippen molar-refractivity contribution < 1.29 is 4.74 Å². The summed E-state index contributed by atoms with van der Waals surface area (Å²) >= 11 is 6.07. The highest BCUT2D eigenvalue weighted by atomic mass is 35.5. The molecule has 1 unspecified atom stereocenters. The standard InChI is InChI=1S/C15H24ClNO/c1-12(2)8-9-17-10-13(3)18-11-14-6-4-5-7-15(14)16/h4-7,12-13,17H,8-11H2,1-3H3. The number of halogens is 1. The Morgan fingerprint density at radius 1 is 1.22 bits per heavy atom. The molecule has 18 heavy (non-hydrogen) atoms. The molecule has 0 spiro atoms. The minimum absolute atomic E-state index is 0.202. The lowest BCUT2D eigenvalue weighted by molar-refractivity contribution is 0.0532. The van der Waals surface area contributed by atoms with Crippen LogP contribution < -0.4 is 5.32 Å². The molecule has 0 bridgehead atoms. The van der Waals surface area contributed by atoms with Gasteiger partial charge in [-0.05, 0) is 37.4 Å². The molecule has 0 radical (unpaired) electrons. The fourth-order valence-corrected chi connectivity index (χ4v) is 1.79. The van der Waals surface area contributed by atoms with Crippen LogP contribution >= 0.6 is 11.6 Å². The van der Waals surface area contributed by atoms with Crippen LogP contribution in [0.5, 0.6) is 0 Å². The lowest BCUT2D eigenvalue weighted by Crippen LogP contribution is -2.28. The highest BCUT2D eigenvalue weighted by molar-refractivity contribution is 6.31. The topological polar surface area (TPSA) is 21.3 Å². The van der Waals surface area contributed by atoms with Crippen LogP contribution in [-0.2, 0) is 11.3 Å². The average molecular weight is 270 g/mol. The SMILES string of the molecule is CC(C)CCNCC(C)OCc1ccccc1Cl. The van der Waals surface area contributed by atoms with Gasteiger partial charge in [-0.25, -0.2) is 0 Å². The molecule has 1 N–H and O–H groups in total. The first-order chi connectivity index (χ1) is 8.59. The Labute approximate surface area is 116 Å². The monoisotopic (exact) mass is 269 g/mol. The van der Waals surface area contributed by atoms with Gasteiger partial charge < -0.3 is 10.1 Å². The zero-order valence-corrected chi connectivity index (χ0v) is 12.3. The average Bonchev–Trinajstić information content (AvgIpc) is 2.33. The summed E-state index contributed by atoms with van der Waals surface area (Å²) in [6.45, 7) is 9.07. The maximum Gasteiger partial charge on any atom is 0.0735 e. The zero-order valence-electron chi connectivity index (χ0n) is 11.6. The molecule has 102 valence electrons. The van der Waals surface area contributed by atoms with Crippen LogP contribution in [0.15, 0.2) is 24.3 Å². The summed E-state index contributed by atoms with van der Waals surface area (Å²) in [5.41, 5.74) is 1.05. The third kappa shape index (κ3) is 6.39. The number of rotatable bonds is 8. The van der Waals surface area contributed by atoms with E-state index in [1.165, 1.54) is 6.42 Å². The third-order valence-electron chi connectivity index (χ3n) is 2.81. The lowest BCUT2D eigenvalue weighted by Gasteiger charge is -2.15. The van der Waals surface area contributed by atoms with E-state index in [1.807, 2.05) is 24.3 Å². The first-order valence-electron chi connectivity index (χ1n) is 6.65. The Bertz CT molecular complexity index is 341. The second-order valence-electron chi connectivity index (χ2n) is 5.10. The van der Waals surface area contributed by atoms with Crippen molar-refractivity contribution in [2.24, 2.45) is 5.92 Å². The predicted octanol–water partition coefficient (Wildman–Crippen LogP) is 3.88. The lowest BCUT2D eigenvalue weighted by atomic mass is 10.1. The molecule has 1 aromatic rings. The Balaban J connectivity index is 2.17. The van der Waals surface area contributed by atoms with Crippen LogP contribution in [0.2, 0.25) is 5.02 Å². The summed E-state index contributed by atoms with van der Waals surface area (Å²) in [7, 11) is 0. The molecule has 0 aliphatic rings. The van der Waals surface area contributed by atoms with E-state index in [1.54, 1.807) is 0 Å². The Kier molecular flexibility index (Phi) is 7.33. The molecule has 0 aliphatic carbocycles. The maximum atomic E-state index is 6.07. The quantitative estimate of drug-likeness (QED) is 0.723. The second-order valence-corrected chi connectivity index (χ2v) is 5.51. The number of ether oxygens (including phenoxy) is 1. The van der Waals surface area contributed by atoms with Crippen LogP contribution in [0.3, 0.4) is 0 Å². The molecule has 0 aromatic heterocycles.